The number of ether oxygens (including phenoxy) is 2. The second-order valence-corrected chi connectivity index (χ2v) is 6.49. The molecule has 4 nitrogen and oxygen atoms in total. The largest absolute Gasteiger partial charge is 0.378 e. The maximum Gasteiger partial charge on any atom is 0.125 e. The van der Waals surface area contributed by atoms with Crippen LogP contribution in [0.1, 0.15) is 48.2 Å². The Balaban J connectivity index is 2.27. The molecule has 108 valence electrons. The summed E-state index contributed by atoms with van der Waals surface area (Å²) in [6.45, 7) is 3.36. The summed E-state index contributed by atoms with van der Waals surface area (Å²) in [5, 5.41) is 1.08. The van der Waals surface area contributed by atoms with Gasteiger partial charge in [0.05, 0.1) is 12.3 Å². The van der Waals surface area contributed by atoms with Gasteiger partial charge < -0.3 is 15.2 Å². The van der Waals surface area contributed by atoms with Gasteiger partial charge in [0, 0.05) is 25.6 Å². The third-order valence-corrected chi connectivity index (χ3v) is 5.41. The molecular weight excluding hydrogens is 260 g/mol. The second kappa shape index (κ2) is 6.31. The van der Waals surface area contributed by atoms with Crippen LogP contribution in [-0.4, -0.2) is 19.2 Å². The van der Waals surface area contributed by atoms with Crippen LogP contribution < -0.4 is 5.73 Å². The fourth-order valence-electron chi connectivity index (χ4n) is 2.72. The third-order valence-electron chi connectivity index (χ3n) is 4.11. The highest BCUT2D eigenvalue weighted by Crippen LogP contribution is 2.44. The van der Waals surface area contributed by atoms with Gasteiger partial charge in [0.2, 0.25) is 0 Å². The van der Waals surface area contributed by atoms with Gasteiger partial charge in [0.1, 0.15) is 10.6 Å². The number of methoxy groups -OCH3 is 2. The van der Waals surface area contributed by atoms with Crippen molar-refractivity contribution >= 4 is 11.3 Å². The van der Waals surface area contributed by atoms with E-state index in [1.165, 1.54) is 12.8 Å². The van der Waals surface area contributed by atoms with E-state index in [2.05, 4.69) is 6.92 Å². The van der Waals surface area contributed by atoms with Gasteiger partial charge in [-0.25, -0.2) is 4.98 Å². The summed E-state index contributed by atoms with van der Waals surface area (Å²) in [4.78, 5) is 5.87. The Hall–Kier alpha value is -0.490. The molecule has 0 bridgehead atoms. The Morgan fingerprint density at radius 1 is 1.37 bits per heavy atom. The Morgan fingerprint density at radius 3 is 2.58 bits per heavy atom. The summed E-state index contributed by atoms with van der Waals surface area (Å²) in [5.41, 5.74) is 6.58. The zero-order chi connectivity index (χ0) is 13.9. The summed E-state index contributed by atoms with van der Waals surface area (Å²) in [6, 6.07) is 0. The lowest BCUT2D eigenvalue weighted by atomic mass is 9.80. The minimum absolute atomic E-state index is 0.201. The van der Waals surface area contributed by atoms with Crippen molar-refractivity contribution in [2.45, 2.75) is 51.4 Å². The molecule has 2 rings (SSSR count). The molecule has 0 saturated heterocycles. The molecule has 0 spiro atoms. The zero-order valence-electron chi connectivity index (χ0n) is 12.1. The molecular formula is C14H24N2O2S. The van der Waals surface area contributed by atoms with Gasteiger partial charge in [0.15, 0.2) is 0 Å². The first-order chi connectivity index (χ1) is 9.15. The SMILES string of the molecule is COCc1nc(C2(OC)CCC(C)CC2)sc1CN. The molecule has 2 N–H and O–H groups in total. The molecule has 19 heavy (non-hydrogen) atoms. The molecule has 0 atom stereocenters. The average Bonchev–Trinajstić information content (AvgIpc) is 2.84. The first kappa shape index (κ1) is 14.9. The van der Waals surface area contributed by atoms with Gasteiger partial charge in [-0.2, -0.15) is 0 Å². The molecule has 0 aliphatic heterocycles. The lowest BCUT2D eigenvalue weighted by molar-refractivity contribution is -0.0532. The third kappa shape index (κ3) is 2.99. The Bertz CT molecular complexity index is 412. The fourth-order valence-corrected chi connectivity index (χ4v) is 3.89. The molecule has 1 fully saturated rings. The first-order valence-corrected chi connectivity index (χ1v) is 7.70. The Kier molecular flexibility index (Phi) is 4.95. The van der Waals surface area contributed by atoms with Gasteiger partial charge in [-0.15, -0.1) is 11.3 Å². The number of nitrogens with two attached hydrogens (primary N) is 1. The van der Waals surface area contributed by atoms with Crippen LogP contribution in [0.4, 0.5) is 0 Å². The maximum absolute atomic E-state index is 5.87. The van der Waals surface area contributed by atoms with E-state index in [9.17, 15) is 0 Å². The lowest BCUT2D eigenvalue weighted by Crippen LogP contribution is -2.33. The molecule has 0 amide bonds. The summed E-state index contributed by atoms with van der Waals surface area (Å²) in [6.07, 6.45) is 4.50. The highest BCUT2D eigenvalue weighted by Gasteiger charge is 2.39. The Morgan fingerprint density at radius 2 is 2.05 bits per heavy atom. The van der Waals surface area contributed by atoms with E-state index in [-0.39, 0.29) is 5.60 Å². The van der Waals surface area contributed by atoms with Crippen LogP contribution in [0.15, 0.2) is 0 Å². The first-order valence-electron chi connectivity index (χ1n) is 6.88. The van der Waals surface area contributed by atoms with Crippen molar-refractivity contribution in [1.29, 1.82) is 0 Å². The maximum atomic E-state index is 5.87. The molecule has 0 unspecified atom stereocenters. The van der Waals surface area contributed by atoms with E-state index in [0.29, 0.717) is 13.2 Å². The fraction of sp³-hybridized carbons (Fsp3) is 0.786. The van der Waals surface area contributed by atoms with Gasteiger partial charge in [-0.05, 0) is 31.6 Å². The molecule has 1 aromatic heterocycles. The quantitative estimate of drug-likeness (QED) is 0.903. The molecule has 1 aliphatic rings. The topological polar surface area (TPSA) is 57.4 Å². The summed E-state index contributed by atoms with van der Waals surface area (Å²) >= 11 is 1.69. The van der Waals surface area contributed by atoms with Gasteiger partial charge >= 0.3 is 0 Å². The number of hydrogen-bond donors (Lipinski definition) is 1. The second-order valence-electron chi connectivity index (χ2n) is 5.41. The number of thiazole rings is 1. The monoisotopic (exact) mass is 284 g/mol. The van der Waals surface area contributed by atoms with Crippen molar-refractivity contribution in [3.05, 3.63) is 15.6 Å². The van der Waals surface area contributed by atoms with Crippen molar-refractivity contribution < 1.29 is 9.47 Å². The number of nitrogens with zero attached hydrogens (tertiary/aromatic N) is 1. The molecule has 5 heteroatoms. The predicted molar refractivity (Wildman–Crippen MR) is 77.0 cm³/mol. The van der Waals surface area contributed by atoms with Crippen LogP contribution in [0.25, 0.3) is 0 Å². The molecule has 0 radical (unpaired) electrons. The molecule has 0 aromatic carbocycles. The Labute approximate surface area is 119 Å². The van der Waals surface area contributed by atoms with Gasteiger partial charge in [-0.3, -0.25) is 0 Å². The molecule has 1 aliphatic carbocycles. The summed E-state index contributed by atoms with van der Waals surface area (Å²) in [5.74, 6) is 0.788. The van der Waals surface area contributed by atoms with Crippen molar-refractivity contribution in [2.75, 3.05) is 14.2 Å². The van der Waals surface area contributed by atoms with Crippen LogP contribution in [0.5, 0.6) is 0 Å². The number of aromatic nitrogens is 1. The van der Waals surface area contributed by atoms with Crippen molar-refractivity contribution in [3.8, 4) is 0 Å². The zero-order valence-corrected chi connectivity index (χ0v) is 12.9. The number of hydrogen-bond acceptors (Lipinski definition) is 5. The predicted octanol–water partition coefficient (Wildman–Crippen LogP) is 2.80. The van der Waals surface area contributed by atoms with E-state index in [4.69, 9.17) is 20.2 Å². The molecule has 1 saturated carbocycles. The van der Waals surface area contributed by atoms with E-state index < -0.39 is 0 Å². The van der Waals surface area contributed by atoms with E-state index >= 15 is 0 Å². The standard InChI is InChI=1S/C14H24N2O2S/c1-10-4-6-14(18-3,7-5-10)13-16-11(9-17-2)12(8-15)19-13/h10H,4-9,15H2,1-3H3. The highest BCUT2D eigenvalue weighted by atomic mass is 32.1. The lowest BCUT2D eigenvalue weighted by Gasteiger charge is -2.36. The molecule has 1 heterocycles. The van der Waals surface area contributed by atoms with Gasteiger partial charge in [0.25, 0.3) is 0 Å². The van der Waals surface area contributed by atoms with Crippen LogP contribution in [-0.2, 0) is 28.2 Å². The minimum Gasteiger partial charge on any atom is -0.378 e. The highest BCUT2D eigenvalue weighted by molar-refractivity contribution is 7.11. The normalized spacial score (nSPS) is 27.7. The van der Waals surface area contributed by atoms with Crippen LogP contribution >= 0.6 is 11.3 Å². The van der Waals surface area contributed by atoms with E-state index in [0.717, 1.165) is 34.3 Å². The number of rotatable bonds is 5. The van der Waals surface area contributed by atoms with E-state index in [1.54, 1.807) is 25.6 Å². The van der Waals surface area contributed by atoms with Crippen LogP contribution in [0, 0.1) is 5.92 Å². The molecule has 1 aromatic rings. The van der Waals surface area contributed by atoms with Crippen molar-refractivity contribution in [3.63, 3.8) is 0 Å². The van der Waals surface area contributed by atoms with E-state index in [1.807, 2.05) is 0 Å². The van der Waals surface area contributed by atoms with Crippen molar-refractivity contribution in [2.24, 2.45) is 11.7 Å². The summed E-state index contributed by atoms with van der Waals surface area (Å²) in [7, 11) is 3.49. The summed E-state index contributed by atoms with van der Waals surface area (Å²) < 4.78 is 11.1. The smallest absolute Gasteiger partial charge is 0.125 e. The average molecular weight is 284 g/mol. The van der Waals surface area contributed by atoms with Crippen molar-refractivity contribution in [1.82, 2.24) is 4.98 Å². The van der Waals surface area contributed by atoms with Gasteiger partial charge in [-0.1, -0.05) is 6.92 Å². The van der Waals surface area contributed by atoms with Crippen LogP contribution in [0.3, 0.4) is 0 Å². The van der Waals surface area contributed by atoms with Crippen LogP contribution in [0.2, 0.25) is 0 Å². The minimum atomic E-state index is -0.201.